The Bertz CT molecular complexity index is 689. The summed E-state index contributed by atoms with van der Waals surface area (Å²) in [6, 6.07) is 0. The maximum atomic E-state index is 7.70. The van der Waals surface area contributed by atoms with Gasteiger partial charge in [0.05, 0.1) is 17.0 Å². The molecule has 0 radical (unpaired) electrons. The van der Waals surface area contributed by atoms with Gasteiger partial charge in [0.1, 0.15) is 11.5 Å². The van der Waals surface area contributed by atoms with Crippen LogP contribution < -0.4 is 10.5 Å². The summed E-state index contributed by atoms with van der Waals surface area (Å²) in [4.78, 5) is 0. The molecular weight excluding hydrogens is 256 g/mol. The molecule has 3 N–H and O–H groups in total. The molecule has 2 aromatic heterocycles. The highest BCUT2D eigenvalue weighted by molar-refractivity contribution is 5.98. The van der Waals surface area contributed by atoms with E-state index in [4.69, 9.17) is 15.9 Å². The Labute approximate surface area is 117 Å². The van der Waals surface area contributed by atoms with Gasteiger partial charge in [0.15, 0.2) is 5.75 Å². The Balaban J connectivity index is 2.54. The zero-order valence-electron chi connectivity index (χ0n) is 12.3. The van der Waals surface area contributed by atoms with Crippen molar-refractivity contribution in [2.75, 3.05) is 0 Å². The van der Waals surface area contributed by atoms with E-state index < -0.39 is 0 Å². The predicted molar refractivity (Wildman–Crippen MR) is 75.3 cm³/mol. The van der Waals surface area contributed by atoms with Crippen LogP contribution in [-0.2, 0) is 7.05 Å². The first-order chi connectivity index (χ1) is 9.32. The summed E-state index contributed by atoms with van der Waals surface area (Å²) < 4.78 is 7.54. The summed E-state index contributed by atoms with van der Waals surface area (Å²) in [5.41, 5.74) is 9.25. The highest BCUT2D eigenvalue weighted by Crippen LogP contribution is 2.30. The lowest BCUT2D eigenvalue weighted by atomic mass is 10.1. The van der Waals surface area contributed by atoms with Crippen molar-refractivity contribution in [3.63, 3.8) is 0 Å². The molecule has 0 amide bonds. The van der Waals surface area contributed by atoms with Crippen LogP contribution in [0.4, 0.5) is 0 Å². The van der Waals surface area contributed by atoms with E-state index in [2.05, 4.69) is 15.3 Å². The number of ether oxygens (including phenoxy) is 1. The Morgan fingerprint density at radius 3 is 2.30 bits per heavy atom. The molecule has 0 aliphatic rings. The number of nitrogens with two attached hydrogens (primary N) is 1. The largest absolute Gasteiger partial charge is 0.433 e. The molecule has 2 heterocycles. The van der Waals surface area contributed by atoms with Gasteiger partial charge in [-0.05, 0) is 33.3 Å². The van der Waals surface area contributed by atoms with Crippen LogP contribution in [0.15, 0.2) is 0 Å². The minimum absolute atomic E-state index is 0.0882. The highest BCUT2D eigenvalue weighted by atomic mass is 16.5. The third-order valence-corrected chi connectivity index (χ3v) is 3.33. The van der Waals surface area contributed by atoms with Crippen LogP contribution >= 0.6 is 0 Å². The van der Waals surface area contributed by atoms with Crippen LogP contribution in [0.3, 0.4) is 0 Å². The van der Waals surface area contributed by atoms with Gasteiger partial charge < -0.3 is 10.5 Å². The zero-order valence-corrected chi connectivity index (χ0v) is 12.3. The highest BCUT2D eigenvalue weighted by Gasteiger charge is 2.19. The minimum atomic E-state index is -0.0882. The zero-order chi connectivity index (χ0) is 15.0. The maximum absolute atomic E-state index is 7.70. The van der Waals surface area contributed by atoms with Gasteiger partial charge in [-0.1, -0.05) is 0 Å². The van der Waals surface area contributed by atoms with Gasteiger partial charge in [-0.3, -0.25) is 10.1 Å². The van der Waals surface area contributed by atoms with E-state index in [1.165, 1.54) is 0 Å². The fourth-order valence-electron chi connectivity index (χ4n) is 1.97. The quantitative estimate of drug-likeness (QED) is 0.652. The smallest absolute Gasteiger partial charge is 0.250 e. The number of amidine groups is 1. The van der Waals surface area contributed by atoms with E-state index in [-0.39, 0.29) is 11.7 Å². The molecule has 106 valence electrons. The lowest BCUT2D eigenvalue weighted by molar-refractivity contribution is 0.445. The van der Waals surface area contributed by atoms with Crippen LogP contribution in [0.5, 0.6) is 11.6 Å². The normalized spacial score (nSPS) is 10.7. The maximum Gasteiger partial charge on any atom is 0.250 e. The first-order valence-electron chi connectivity index (χ1n) is 6.19. The number of nitrogens with one attached hydrogen (secondary N) is 1. The molecule has 0 bridgehead atoms. The standard InChI is InChI=1S/C13H18N6O/c1-6-7(2)16-17-13(10(6)12(14)15)20-11-8(3)18-19(5)9(11)4/h1-5H3,(H3,14,15). The van der Waals surface area contributed by atoms with Crippen LogP contribution in [0, 0.1) is 33.1 Å². The number of nitrogens with zero attached hydrogens (tertiary/aromatic N) is 4. The molecule has 0 atom stereocenters. The monoisotopic (exact) mass is 274 g/mol. The van der Waals surface area contributed by atoms with E-state index >= 15 is 0 Å². The van der Waals surface area contributed by atoms with E-state index in [0.29, 0.717) is 11.3 Å². The predicted octanol–water partition coefficient (Wildman–Crippen LogP) is 1.52. The molecule has 20 heavy (non-hydrogen) atoms. The van der Waals surface area contributed by atoms with Gasteiger partial charge in [0.25, 0.3) is 0 Å². The lowest BCUT2D eigenvalue weighted by Gasteiger charge is -2.12. The fraction of sp³-hybridized carbons (Fsp3) is 0.385. The van der Waals surface area contributed by atoms with Crippen molar-refractivity contribution in [3.8, 4) is 11.6 Å². The Kier molecular flexibility index (Phi) is 3.44. The van der Waals surface area contributed by atoms with Gasteiger partial charge >= 0.3 is 0 Å². The summed E-state index contributed by atoms with van der Waals surface area (Å²) in [5.74, 6) is 0.766. The molecule has 0 saturated heterocycles. The van der Waals surface area contributed by atoms with Gasteiger partial charge in [0, 0.05) is 7.05 Å². The Morgan fingerprint density at radius 2 is 1.80 bits per heavy atom. The van der Waals surface area contributed by atoms with Gasteiger partial charge in [-0.25, -0.2) is 0 Å². The second kappa shape index (κ2) is 4.92. The Morgan fingerprint density at radius 1 is 1.15 bits per heavy atom. The van der Waals surface area contributed by atoms with Crippen molar-refractivity contribution < 1.29 is 4.74 Å². The first-order valence-corrected chi connectivity index (χ1v) is 6.19. The van der Waals surface area contributed by atoms with Crippen molar-refractivity contribution in [2.24, 2.45) is 12.8 Å². The van der Waals surface area contributed by atoms with Crippen molar-refractivity contribution in [3.05, 3.63) is 28.2 Å². The third-order valence-electron chi connectivity index (χ3n) is 3.33. The first kappa shape index (κ1) is 14.0. The number of aryl methyl sites for hydroxylation is 3. The van der Waals surface area contributed by atoms with Gasteiger partial charge in [-0.15, -0.1) is 5.10 Å². The molecule has 0 spiro atoms. The number of aromatic nitrogens is 4. The molecule has 0 saturated carbocycles. The SMILES string of the molecule is Cc1nnc(Oc2c(C)nn(C)c2C)c(C(=N)N)c1C. The van der Waals surface area contributed by atoms with E-state index in [0.717, 1.165) is 22.6 Å². The van der Waals surface area contributed by atoms with Crippen molar-refractivity contribution in [1.29, 1.82) is 5.41 Å². The van der Waals surface area contributed by atoms with Crippen LogP contribution in [0.25, 0.3) is 0 Å². The fourth-order valence-corrected chi connectivity index (χ4v) is 1.97. The molecular formula is C13H18N6O. The van der Waals surface area contributed by atoms with E-state index in [1.807, 2.05) is 34.7 Å². The second-order valence-electron chi connectivity index (χ2n) is 4.73. The van der Waals surface area contributed by atoms with E-state index in [9.17, 15) is 0 Å². The van der Waals surface area contributed by atoms with Crippen LogP contribution in [-0.4, -0.2) is 25.8 Å². The topological polar surface area (TPSA) is 103 Å². The molecule has 7 heteroatoms. The molecule has 2 aromatic rings. The van der Waals surface area contributed by atoms with Crippen molar-refractivity contribution >= 4 is 5.84 Å². The minimum Gasteiger partial charge on any atom is -0.433 e. The van der Waals surface area contributed by atoms with Crippen molar-refractivity contribution in [1.82, 2.24) is 20.0 Å². The number of rotatable bonds is 3. The average Bonchev–Trinajstić information content (AvgIpc) is 2.60. The van der Waals surface area contributed by atoms with Crippen molar-refractivity contribution in [2.45, 2.75) is 27.7 Å². The summed E-state index contributed by atoms with van der Waals surface area (Å²) >= 11 is 0. The third kappa shape index (κ3) is 2.22. The number of hydrogen-bond acceptors (Lipinski definition) is 5. The molecule has 0 aliphatic heterocycles. The summed E-state index contributed by atoms with van der Waals surface area (Å²) in [6.45, 7) is 7.41. The Hall–Kier alpha value is -2.44. The number of nitrogen functional groups attached to an aromatic ring is 1. The van der Waals surface area contributed by atoms with Crippen LogP contribution in [0.2, 0.25) is 0 Å². The summed E-state index contributed by atoms with van der Waals surface area (Å²) in [6.07, 6.45) is 0. The molecule has 0 fully saturated rings. The van der Waals surface area contributed by atoms with Gasteiger partial charge in [0.2, 0.25) is 5.88 Å². The molecule has 0 aliphatic carbocycles. The lowest BCUT2D eigenvalue weighted by Crippen LogP contribution is -2.17. The average molecular weight is 274 g/mol. The van der Waals surface area contributed by atoms with Crippen LogP contribution in [0.1, 0.15) is 28.2 Å². The summed E-state index contributed by atoms with van der Waals surface area (Å²) in [7, 11) is 1.84. The summed E-state index contributed by atoms with van der Waals surface area (Å²) in [5, 5.41) is 20.0. The van der Waals surface area contributed by atoms with E-state index in [1.54, 1.807) is 4.68 Å². The molecule has 7 nitrogen and oxygen atoms in total. The second-order valence-corrected chi connectivity index (χ2v) is 4.73. The molecule has 0 unspecified atom stereocenters. The van der Waals surface area contributed by atoms with Gasteiger partial charge in [-0.2, -0.15) is 10.2 Å². The number of hydrogen-bond donors (Lipinski definition) is 2. The molecule has 0 aromatic carbocycles. The molecule has 2 rings (SSSR count).